The highest BCUT2D eigenvalue weighted by Gasteiger charge is 2.05. The lowest BCUT2D eigenvalue weighted by atomic mass is 10.0. The van der Waals surface area contributed by atoms with Gasteiger partial charge in [0, 0.05) is 24.1 Å². The van der Waals surface area contributed by atoms with E-state index in [0.717, 1.165) is 6.42 Å². The largest absolute Gasteiger partial charge is 0.350 e. The summed E-state index contributed by atoms with van der Waals surface area (Å²) in [5, 5.41) is 1.40. The molecule has 1 heteroatoms. The lowest BCUT2D eigenvalue weighted by molar-refractivity contribution is 0.875. The van der Waals surface area contributed by atoms with Gasteiger partial charge in [0.1, 0.15) is 0 Å². The predicted molar refractivity (Wildman–Crippen MR) is 75.3 cm³/mol. The number of aromatic nitrogens is 1. The first-order valence-corrected chi connectivity index (χ1v) is 6.43. The van der Waals surface area contributed by atoms with E-state index in [1.807, 2.05) is 0 Å². The zero-order chi connectivity index (χ0) is 12.3. The molecule has 90 valence electrons. The molecule has 0 aliphatic rings. The molecule has 0 fully saturated rings. The van der Waals surface area contributed by atoms with Crippen LogP contribution in [0, 0.1) is 0 Å². The van der Waals surface area contributed by atoms with E-state index < -0.39 is 0 Å². The molecule has 2 aromatic rings. The molecule has 0 N–H and O–H groups in total. The zero-order valence-electron chi connectivity index (χ0n) is 11.0. The van der Waals surface area contributed by atoms with Crippen molar-refractivity contribution in [2.75, 3.05) is 0 Å². The third kappa shape index (κ3) is 2.44. The Balaban J connectivity index is 2.25. The Morgan fingerprint density at radius 1 is 1.29 bits per heavy atom. The summed E-state index contributed by atoms with van der Waals surface area (Å²) in [6.45, 7) is 4.38. The quantitative estimate of drug-likeness (QED) is 0.679. The van der Waals surface area contributed by atoms with Crippen molar-refractivity contribution in [3.8, 4) is 0 Å². The Morgan fingerprint density at radius 3 is 2.76 bits per heavy atom. The fraction of sp³-hybridized carbons (Fsp3) is 0.375. The van der Waals surface area contributed by atoms with E-state index in [1.54, 1.807) is 5.57 Å². The molecule has 0 unspecified atom stereocenters. The number of aryl methyl sites for hydroxylation is 2. The topological polar surface area (TPSA) is 4.93 Å². The van der Waals surface area contributed by atoms with Crippen LogP contribution in [-0.2, 0) is 13.5 Å². The number of hydrogen-bond donors (Lipinski definition) is 0. The molecular weight excluding hydrogens is 206 g/mol. The minimum absolute atomic E-state index is 1.15. The van der Waals surface area contributed by atoms with Crippen LogP contribution in [-0.4, -0.2) is 4.57 Å². The Hall–Kier alpha value is -1.50. The number of allylic oxidation sites excluding steroid dienone is 2. The summed E-state index contributed by atoms with van der Waals surface area (Å²) in [7, 11) is 2.13. The van der Waals surface area contributed by atoms with Crippen molar-refractivity contribution >= 4 is 10.9 Å². The van der Waals surface area contributed by atoms with Crippen molar-refractivity contribution in [3.63, 3.8) is 0 Å². The van der Waals surface area contributed by atoms with Crippen LogP contribution in [0.3, 0.4) is 0 Å². The highest BCUT2D eigenvalue weighted by molar-refractivity contribution is 5.83. The first kappa shape index (κ1) is 12.0. The molecule has 17 heavy (non-hydrogen) atoms. The van der Waals surface area contributed by atoms with Gasteiger partial charge in [0.15, 0.2) is 0 Å². The SMILES string of the molecule is C/C=C(\CC)CCc1cn(C)c2ccccc12. The van der Waals surface area contributed by atoms with Crippen LogP contribution in [0.1, 0.15) is 32.3 Å². The summed E-state index contributed by atoms with van der Waals surface area (Å²) in [6, 6.07) is 8.65. The maximum absolute atomic E-state index is 2.27. The summed E-state index contributed by atoms with van der Waals surface area (Å²) in [5.74, 6) is 0. The average molecular weight is 227 g/mol. The first-order valence-electron chi connectivity index (χ1n) is 6.43. The molecule has 0 radical (unpaired) electrons. The normalized spacial score (nSPS) is 12.3. The Bertz CT molecular complexity index is 531. The van der Waals surface area contributed by atoms with E-state index in [1.165, 1.54) is 29.3 Å². The summed E-state index contributed by atoms with van der Waals surface area (Å²) >= 11 is 0. The number of hydrogen-bond acceptors (Lipinski definition) is 0. The van der Waals surface area contributed by atoms with Gasteiger partial charge in [-0.25, -0.2) is 0 Å². The Kier molecular flexibility index (Phi) is 3.68. The molecule has 0 aliphatic carbocycles. The molecule has 0 amide bonds. The molecule has 0 saturated carbocycles. The van der Waals surface area contributed by atoms with E-state index in [9.17, 15) is 0 Å². The third-order valence-corrected chi connectivity index (χ3v) is 3.56. The van der Waals surface area contributed by atoms with Crippen LogP contribution < -0.4 is 0 Å². The maximum atomic E-state index is 2.27. The minimum Gasteiger partial charge on any atom is -0.350 e. The molecule has 0 aliphatic heterocycles. The molecule has 1 heterocycles. The monoisotopic (exact) mass is 227 g/mol. The van der Waals surface area contributed by atoms with Gasteiger partial charge >= 0.3 is 0 Å². The molecule has 0 saturated heterocycles. The smallest absolute Gasteiger partial charge is 0.0480 e. The van der Waals surface area contributed by atoms with Crippen LogP contribution in [0.5, 0.6) is 0 Å². The van der Waals surface area contributed by atoms with Crippen LogP contribution in [0.25, 0.3) is 10.9 Å². The fourth-order valence-electron chi connectivity index (χ4n) is 2.45. The van der Waals surface area contributed by atoms with Crippen molar-refractivity contribution in [2.24, 2.45) is 7.05 Å². The van der Waals surface area contributed by atoms with E-state index >= 15 is 0 Å². The minimum atomic E-state index is 1.15. The molecule has 0 bridgehead atoms. The van der Waals surface area contributed by atoms with E-state index in [0.29, 0.717) is 0 Å². The maximum Gasteiger partial charge on any atom is 0.0480 e. The van der Waals surface area contributed by atoms with Gasteiger partial charge < -0.3 is 4.57 Å². The number of benzene rings is 1. The molecule has 2 rings (SSSR count). The Labute approximate surface area is 104 Å². The summed E-state index contributed by atoms with van der Waals surface area (Å²) in [6.07, 6.45) is 8.02. The van der Waals surface area contributed by atoms with Gasteiger partial charge in [0.05, 0.1) is 0 Å². The molecule has 1 aromatic heterocycles. The van der Waals surface area contributed by atoms with E-state index in [2.05, 4.69) is 62.0 Å². The van der Waals surface area contributed by atoms with Crippen molar-refractivity contribution < 1.29 is 0 Å². The van der Waals surface area contributed by atoms with Crippen LogP contribution in [0.4, 0.5) is 0 Å². The van der Waals surface area contributed by atoms with Crippen LogP contribution in [0.15, 0.2) is 42.1 Å². The molecule has 0 spiro atoms. The first-order chi connectivity index (χ1) is 8.26. The highest BCUT2D eigenvalue weighted by Crippen LogP contribution is 2.23. The van der Waals surface area contributed by atoms with Crippen molar-refractivity contribution in [2.45, 2.75) is 33.1 Å². The van der Waals surface area contributed by atoms with Gasteiger partial charge in [-0.05, 0) is 37.8 Å². The number of para-hydroxylation sites is 1. The summed E-state index contributed by atoms with van der Waals surface area (Å²) in [5.41, 5.74) is 4.36. The van der Waals surface area contributed by atoms with Crippen molar-refractivity contribution in [1.29, 1.82) is 0 Å². The van der Waals surface area contributed by atoms with Gasteiger partial charge in [0.2, 0.25) is 0 Å². The van der Waals surface area contributed by atoms with Gasteiger partial charge in [-0.1, -0.05) is 36.8 Å². The van der Waals surface area contributed by atoms with Crippen LogP contribution in [0.2, 0.25) is 0 Å². The summed E-state index contributed by atoms with van der Waals surface area (Å²) in [4.78, 5) is 0. The standard InChI is InChI=1S/C16H21N/c1-4-13(5-2)10-11-14-12-17(3)16-9-7-6-8-15(14)16/h4,6-9,12H,5,10-11H2,1-3H3/b13-4+. The van der Waals surface area contributed by atoms with Crippen molar-refractivity contribution in [1.82, 2.24) is 4.57 Å². The fourth-order valence-corrected chi connectivity index (χ4v) is 2.45. The number of fused-ring (bicyclic) bond motifs is 1. The second-order valence-corrected chi connectivity index (χ2v) is 4.58. The predicted octanol–water partition coefficient (Wildman–Crippen LogP) is 4.47. The molecule has 1 nitrogen and oxygen atoms in total. The highest BCUT2D eigenvalue weighted by atomic mass is 14.9. The lowest BCUT2D eigenvalue weighted by Crippen LogP contribution is -1.87. The van der Waals surface area contributed by atoms with E-state index in [4.69, 9.17) is 0 Å². The van der Waals surface area contributed by atoms with E-state index in [-0.39, 0.29) is 0 Å². The second kappa shape index (κ2) is 5.22. The van der Waals surface area contributed by atoms with Gasteiger partial charge in [-0.2, -0.15) is 0 Å². The Morgan fingerprint density at radius 2 is 2.06 bits per heavy atom. The molecule has 1 aromatic carbocycles. The second-order valence-electron chi connectivity index (χ2n) is 4.58. The summed E-state index contributed by atoms with van der Waals surface area (Å²) < 4.78 is 2.23. The number of rotatable bonds is 4. The van der Waals surface area contributed by atoms with Crippen LogP contribution >= 0.6 is 0 Å². The molecular formula is C16H21N. The lowest BCUT2D eigenvalue weighted by Gasteiger charge is -2.02. The van der Waals surface area contributed by atoms with Gasteiger partial charge in [0.25, 0.3) is 0 Å². The molecule has 0 atom stereocenters. The van der Waals surface area contributed by atoms with Gasteiger partial charge in [-0.3, -0.25) is 0 Å². The third-order valence-electron chi connectivity index (χ3n) is 3.56. The van der Waals surface area contributed by atoms with Crippen molar-refractivity contribution in [3.05, 3.63) is 47.7 Å². The number of nitrogens with zero attached hydrogens (tertiary/aromatic N) is 1. The zero-order valence-corrected chi connectivity index (χ0v) is 11.0. The van der Waals surface area contributed by atoms with Gasteiger partial charge in [-0.15, -0.1) is 0 Å². The average Bonchev–Trinajstić information content (AvgIpc) is 2.69.